The summed E-state index contributed by atoms with van der Waals surface area (Å²) >= 11 is 0. The highest BCUT2D eigenvalue weighted by atomic mass is 16.5. The Morgan fingerprint density at radius 3 is 0.733 bits per heavy atom. The standard InChI is InChI=1S/C43H86O2/c1-3-5-7-9-11-13-15-17-19-20-21-22-23-24-25-26-27-29-31-33-35-37-39-41-43(44)45-42-40-38-36-34-32-30-28-18-16-14-12-10-8-6-4-2/h3-42H2,1-2H3. The minimum Gasteiger partial charge on any atom is -0.466 e. The maximum Gasteiger partial charge on any atom is 0.305 e. The van der Waals surface area contributed by atoms with Crippen molar-refractivity contribution in [2.24, 2.45) is 0 Å². The van der Waals surface area contributed by atoms with Gasteiger partial charge >= 0.3 is 5.97 Å². The fraction of sp³-hybridized carbons (Fsp3) is 0.977. The zero-order valence-electron chi connectivity index (χ0n) is 31.6. The predicted octanol–water partition coefficient (Wildman–Crippen LogP) is 15.8. The summed E-state index contributed by atoms with van der Waals surface area (Å²) in [6.45, 7) is 5.23. The van der Waals surface area contributed by atoms with E-state index in [1.54, 1.807) is 0 Å². The monoisotopic (exact) mass is 635 g/mol. The molecule has 0 saturated heterocycles. The van der Waals surface area contributed by atoms with E-state index in [4.69, 9.17) is 4.74 Å². The molecule has 0 aromatic heterocycles. The molecular weight excluding hydrogens is 548 g/mol. The van der Waals surface area contributed by atoms with Crippen molar-refractivity contribution in [3.8, 4) is 0 Å². The van der Waals surface area contributed by atoms with Gasteiger partial charge < -0.3 is 4.74 Å². The highest BCUT2D eigenvalue weighted by Gasteiger charge is 2.03. The number of hydrogen-bond donors (Lipinski definition) is 0. The van der Waals surface area contributed by atoms with Gasteiger partial charge in [0.1, 0.15) is 0 Å². The molecule has 0 aliphatic rings. The summed E-state index contributed by atoms with van der Waals surface area (Å²) in [4.78, 5) is 12.0. The van der Waals surface area contributed by atoms with Crippen LogP contribution in [0, 0.1) is 0 Å². The Bertz CT molecular complexity index is 530. The van der Waals surface area contributed by atoms with Crippen LogP contribution in [0.2, 0.25) is 0 Å². The number of ether oxygens (including phenoxy) is 1. The van der Waals surface area contributed by atoms with Crippen molar-refractivity contribution < 1.29 is 9.53 Å². The second kappa shape index (κ2) is 41.5. The van der Waals surface area contributed by atoms with Crippen LogP contribution in [0.3, 0.4) is 0 Å². The molecule has 0 fully saturated rings. The molecule has 0 saturated carbocycles. The zero-order chi connectivity index (χ0) is 32.6. The van der Waals surface area contributed by atoms with Gasteiger partial charge in [-0.1, -0.05) is 245 Å². The lowest BCUT2D eigenvalue weighted by Gasteiger charge is -2.06. The van der Waals surface area contributed by atoms with E-state index in [1.807, 2.05) is 0 Å². The number of rotatable bonds is 40. The van der Waals surface area contributed by atoms with E-state index in [0.29, 0.717) is 13.0 Å². The maximum atomic E-state index is 12.0. The van der Waals surface area contributed by atoms with Crippen LogP contribution in [0.4, 0.5) is 0 Å². The van der Waals surface area contributed by atoms with Gasteiger partial charge in [-0.2, -0.15) is 0 Å². The molecule has 2 nitrogen and oxygen atoms in total. The first-order chi connectivity index (χ1) is 22.3. The maximum absolute atomic E-state index is 12.0. The third kappa shape index (κ3) is 41.4. The minimum absolute atomic E-state index is 0.0314. The van der Waals surface area contributed by atoms with Gasteiger partial charge in [-0.3, -0.25) is 4.79 Å². The molecule has 0 aliphatic heterocycles. The Balaban J connectivity index is 3.13. The molecule has 0 heterocycles. The Morgan fingerprint density at radius 1 is 0.289 bits per heavy atom. The highest BCUT2D eigenvalue weighted by molar-refractivity contribution is 5.69. The van der Waals surface area contributed by atoms with E-state index in [2.05, 4.69) is 13.8 Å². The van der Waals surface area contributed by atoms with Gasteiger partial charge in [0.2, 0.25) is 0 Å². The lowest BCUT2D eigenvalue weighted by atomic mass is 10.0. The lowest BCUT2D eigenvalue weighted by Crippen LogP contribution is -2.05. The van der Waals surface area contributed by atoms with E-state index in [0.717, 1.165) is 12.8 Å². The summed E-state index contributed by atoms with van der Waals surface area (Å²) in [5, 5.41) is 0. The van der Waals surface area contributed by atoms with Crippen LogP contribution in [-0.4, -0.2) is 12.6 Å². The molecule has 0 unspecified atom stereocenters. The largest absolute Gasteiger partial charge is 0.466 e. The van der Waals surface area contributed by atoms with Crippen molar-refractivity contribution in [3.05, 3.63) is 0 Å². The van der Waals surface area contributed by atoms with Gasteiger partial charge in [-0.15, -0.1) is 0 Å². The summed E-state index contributed by atoms with van der Waals surface area (Å²) < 4.78 is 5.47. The smallest absolute Gasteiger partial charge is 0.305 e. The molecule has 0 aliphatic carbocycles. The van der Waals surface area contributed by atoms with Gasteiger partial charge in [0.25, 0.3) is 0 Å². The number of hydrogen-bond acceptors (Lipinski definition) is 2. The van der Waals surface area contributed by atoms with E-state index in [9.17, 15) is 4.79 Å². The van der Waals surface area contributed by atoms with Gasteiger partial charge in [0.15, 0.2) is 0 Å². The number of unbranched alkanes of at least 4 members (excludes halogenated alkanes) is 36. The Hall–Kier alpha value is -0.530. The van der Waals surface area contributed by atoms with E-state index in [-0.39, 0.29) is 5.97 Å². The molecule has 0 aromatic carbocycles. The van der Waals surface area contributed by atoms with Crippen molar-refractivity contribution in [2.45, 2.75) is 264 Å². The average Bonchev–Trinajstić information content (AvgIpc) is 3.05. The van der Waals surface area contributed by atoms with Crippen molar-refractivity contribution in [3.63, 3.8) is 0 Å². The summed E-state index contributed by atoms with van der Waals surface area (Å²) in [6.07, 6.45) is 53.5. The zero-order valence-corrected chi connectivity index (χ0v) is 31.6. The van der Waals surface area contributed by atoms with Crippen LogP contribution in [0.25, 0.3) is 0 Å². The molecule has 0 atom stereocenters. The second-order valence-electron chi connectivity index (χ2n) is 14.7. The normalized spacial score (nSPS) is 11.4. The van der Waals surface area contributed by atoms with Crippen LogP contribution < -0.4 is 0 Å². The SMILES string of the molecule is CCCCCCCCCCCCCCCCCCCCCCCCCC(=O)OCCCCCCCCCCCCCCCCC. The number of carbonyl (C=O) groups excluding carboxylic acids is 1. The van der Waals surface area contributed by atoms with Crippen LogP contribution in [0.5, 0.6) is 0 Å². The predicted molar refractivity (Wildman–Crippen MR) is 202 cm³/mol. The molecule has 0 aromatic rings. The first-order valence-electron chi connectivity index (χ1n) is 21.5. The molecule has 2 heteroatoms. The van der Waals surface area contributed by atoms with Crippen molar-refractivity contribution in [1.29, 1.82) is 0 Å². The molecule has 270 valence electrons. The Labute approximate surface area is 285 Å². The van der Waals surface area contributed by atoms with Crippen LogP contribution >= 0.6 is 0 Å². The number of carbonyl (C=O) groups is 1. The molecule has 45 heavy (non-hydrogen) atoms. The molecule has 0 bridgehead atoms. The Kier molecular flexibility index (Phi) is 41.0. The van der Waals surface area contributed by atoms with Crippen LogP contribution in [0.15, 0.2) is 0 Å². The third-order valence-corrected chi connectivity index (χ3v) is 10.00. The fourth-order valence-corrected chi connectivity index (χ4v) is 6.79. The van der Waals surface area contributed by atoms with Crippen LogP contribution in [0.1, 0.15) is 264 Å². The summed E-state index contributed by atoms with van der Waals surface area (Å²) in [5.74, 6) is 0.0314. The average molecular weight is 635 g/mol. The first kappa shape index (κ1) is 44.5. The van der Waals surface area contributed by atoms with Gasteiger partial charge in [0.05, 0.1) is 6.61 Å². The van der Waals surface area contributed by atoms with E-state index < -0.39 is 0 Å². The second-order valence-corrected chi connectivity index (χ2v) is 14.7. The summed E-state index contributed by atoms with van der Waals surface area (Å²) in [6, 6.07) is 0. The Morgan fingerprint density at radius 2 is 0.489 bits per heavy atom. The third-order valence-electron chi connectivity index (χ3n) is 10.00. The van der Waals surface area contributed by atoms with Gasteiger partial charge in [-0.25, -0.2) is 0 Å². The van der Waals surface area contributed by atoms with Crippen LogP contribution in [-0.2, 0) is 9.53 Å². The molecule has 0 radical (unpaired) electrons. The molecule has 0 N–H and O–H groups in total. The summed E-state index contributed by atoms with van der Waals surface area (Å²) in [7, 11) is 0. The van der Waals surface area contributed by atoms with E-state index in [1.165, 1.54) is 231 Å². The molecule has 0 rings (SSSR count). The summed E-state index contributed by atoms with van der Waals surface area (Å²) in [5.41, 5.74) is 0. The minimum atomic E-state index is 0.0314. The quantitative estimate of drug-likeness (QED) is 0.0495. The van der Waals surface area contributed by atoms with E-state index >= 15 is 0 Å². The van der Waals surface area contributed by atoms with Crippen molar-refractivity contribution in [2.75, 3.05) is 6.61 Å². The lowest BCUT2D eigenvalue weighted by molar-refractivity contribution is -0.143. The first-order valence-corrected chi connectivity index (χ1v) is 21.5. The van der Waals surface area contributed by atoms with Gasteiger partial charge in [-0.05, 0) is 12.8 Å². The number of esters is 1. The molecule has 0 spiro atoms. The fourth-order valence-electron chi connectivity index (χ4n) is 6.79. The van der Waals surface area contributed by atoms with Gasteiger partial charge in [0, 0.05) is 6.42 Å². The topological polar surface area (TPSA) is 26.3 Å². The molecule has 0 amide bonds. The van der Waals surface area contributed by atoms with Crippen molar-refractivity contribution >= 4 is 5.97 Å². The van der Waals surface area contributed by atoms with Crippen molar-refractivity contribution in [1.82, 2.24) is 0 Å². The molecular formula is C43H86O2. The highest BCUT2D eigenvalue weighted by Crippen LogP contribution is 2.16.